The van der Waals surface area contributed by atoms with E-state index in [2.05, 4.69) is 21.2 Å². The van der Waals surface area contributed by atoms with Crippen LogP contribution in [-0.2, 0) is 6.54 Å². The summed E-state index contributed by atoms with van der Waals surface area (Å²) in [6.07, 6.45) is -4.81. The fourth-order valence-corrected chi connectivity index (χ4v) is 2.78. The number of hydrogen-bond acceptors (Lipinski definition) is 3. The van der Waals surface area contributed by atoms with E-state index in [0.717, 1.165) is 11.0 Å². The van der Waals surface area contributed by atoms with Crippen LogP contribution in [0.5, 0.6) is 0 Å². The van der Waals surface area contributed by atoms with Crippen LogP contribution in [0.2, 0.25) is 0 Å². The molecule has 1 N–H and O–H groups in total. The van der Waals surface area contributed by atoms with Crippen molar-refractivity contribution in [1.82, 2.24) is 10.2 Å². The minimum atomic E-state index is -4.06. The van der Waals surface area contributed by atoms with Gasteiger partial charge in [0.25, 0.3) is 0 Å². The van der Waals surface area contributed by atoms with Gasteiger partial charge >= 0.3 is 6.18 Å². The predicted molar refractivity (Wildman–Crippen MR) is 71.9 cm³/mol. The highest BCUT2D eigenvalue weighted by Crippen LogP contribution is 2.20. The van der Waals surface area contributed by atoms with E-state index < -0.39 is 12.6 Å². The number of thiophene rings is 1. The van der Waals surface area contributed by atoms with E-state index in [9.17, 15) is 13.2 Å². The Morgan fingerprint density at radius 2 is 2.11 bits per heavy atom. The highest BCUT2D eigenvalue weighted by molar-refractivity contribution is 9.10. The van der Waals surface area contributed by atoms with Gasteiger partial charge in [0.2, 0.25) is 0 Å². The van der Waals surface area contributed by atoms with Crippen LogP contribution in [0.4, 0.5) is 13.2 Å². The molecule has 0 aromatic carbocycles. The first-order chi connectivity index (χ1) is 8.37. The van der Waals surface area contributed by atoms with Crippen molar-refractivity contribution >= 4 is 27.3 Å². The maximum atomic E-state index is 12.0. The number of nitrogens with zero attached hydrogens (tertiary/aromatic N) is 1. The molecule has 0 amide bonds. The van der Waals surface area contributed by atoms with Gasteiger partial charge in [-0.1, -0.05) is 0 Å². The summed E-state index contributed by atoms with van der Waals surface area (Å²) in [6.45, 7) is 2.10. The Balaban J connectivity index is 2.07. The summed E-state index contributed by atoms with van der Waals surface area (Å²) < 4.78 is 37.0. The molecule has 0 aliphatic heterocycles. The largest absolute Gasteiger partial charge is 0.390 e. The van der Waals surface area contributed by atoms with Crippen LogP contribution in [0.1, 0.15) is 11.3 Å². The van der Waals surface area contributed by atoms with E-state index in [1.165, 1.54) is 4.88 Å². The number of likely N-dealkylation sites (N-methyl/N-ethyl adjacent to an activating group) is 1. The van der Waals surface area contributed by atoms with Crippen molar-refractivity contribution in [1.29, 1.82) is 0 Å². The standard InChI is InChI=1S/C11H16BrF3N2S/c1-17(4-2-11(13,14)15)5-3-16-7-10-6-9(12)8-18-10/h6,8,16H,2-5,7H2,1H3. The van der Waals surface area contributed by atoms with E-state index in [1.807, 2.05) is 11.4 Å². The third-order valence-electron chi connectivity index (χ3n) is 2.37. The Bertz CT molecular complexity index is 354. The summed E-state index contributed by atoms with van der Waals surface area (Å²) in [7, 11) is 1.70. The molecule has 0 bridgehead atoms. The third kappa shape index (κ3) is 7.35. The maximum absolute atomic E-state index is 12.0. The van der Waals surface area contributed by atoms with Crippen LogP contribution in [0, 0.1) is 0 Å². The van der Waals surface area contributed by atoms with Gasteiger partial charge in [-0.05, 0) is 29.0 Å². The van der Waals surface area contributed by atoms with Gasteiger partial charge in [0.05, 0.1) is 6.42 Å². The molecule has 0 aliphatic rings. The van der Waals surface area contributed by atoms with E-state index in [0.29, 0.717) is 13.1 Å². The van der Waals surface area contributed by atoms with Gasteiger partial charge in [-0.15, -0.1) is 11.3 Å². The fraction of sp³-hybridized carbons (Fsp3) is 0.636. The van der Waals surface area contributed by atoms with Gasteiger partial charge in [-0.2, -0.15) is 13.2 Å². The quantitative estimate of drug-likeness (QED) is 0.761. The molecule has 7 heteroatoms. The number of nitrogens with one attached hydrogen (secondary N) is 1. The van der Waals surface area contributed by atoms with Crippen molar-refractivity contribution in [2.24, 2.45) is 0 Å². The van der Waals surface area contributed by atoms with Gasteiger partial charge in [0.1, 0.15) is 0 Å². The lowest BCUT2D eigenvalue weighted by molar-refractivity contribution is -0.137. The topological polar surface area (TPSA) is 15.3 Å². The average molecular weight is 345 g/mol. The zero-order chi connectivity index (χ0) is 13.6. The Kier molecular flexibility index (Phi) is 6.62. The second-order valence-electron chi connectivity index (χ2n) is 4.08. The molecule has 1 aromatic heterocycles. The molecular weight excluding hydrogens is 329 g/mol. The lowest BCUT2D eigenvalue weighted by atomic mass is 10.4. The molecule has 1 aromatic rings. The molecule has 0 spiro atoms. The number of rotatable bonds is 7. The first-order valence-electron chi connectivity index (χ1n) is 5.56. The maximum Gasteiger partial charge on any atom is 0.390 e. The molecule has 1 rings (SSSR count). The van der Waals surface area contributed by atoms with E-state index in [-0.39, 0.29) is 6.54 Å². The zero-order valence-electron chi connectivity index (χ0n) is 10.1. The predicted octanol–water partition coefficient (Wildman–Crippen LogP) is 3.48. The van der Waals surface area contributed by atoms with Gasteiger partial charge in [0, 0.05) is 40.9 Å². The van der Waals surface area contributed by atoms with Crippen molar-refractivity contribution in [2.75, 3.05) is 26.7 Å². The smallest absolute Gasteiger partial charge is 0.311 e. The number of alkyl halides is 3. The van der Waals surface area contributed by atoms with Crippen LogP contribution >= 0.6 is 27.3 Å². The lowest BCUT2D eigenvalue weighted by Gasteiger charge is -2.17. The Morgan fingerprint density at radius 3 is 2.67 bits per heavy atom. The normalized spacial score (nSPS) is 12.3. The van der Waals surface area contributed by atoms with Gasteiger partial charge in [-0.3, -0.25) is 0 Å². The van der Waals surface area contributed by atoms with Gasteiger partial charge in [0.15, 0.2) is 0 Å². The summed E-state index contributed by atoms with van der Waals surface area (Å²) in [6, 6.07) is 2.03. The monoisotopic (exact) mass is 344 g/mol. The number of halogens is 4. The van der Waals surface area contributed by atoms with Crippen molar-refractivity contribution in [3.05, 3.63) is 20.8 Å². The Labute approximate surface area is 117 Å². The van der Waals surface area contributed by atoms with E-state index in [1.54, 1.807) is 23.3 Å². The molecule has 0 unspecified atom stereocenters. The molecule has 1 heterocycles. The van der Waals surface area contributed by atoms with Crippen molar-refractivity contribution in [3.63, 3.8) is 0 Å². The minimum absolute atomic E-state index is 0.0513. The van der Waals surface area contributed by atoms with E-state index >= 15 is 0 Å². The number of hydrogen-bond donors (Lipinski definition) is 1. The summed E-state index contributed by atoms with van der Waals surface area (Å²) in [5, 5.41) is 5.22. The molecule has 0 saturated carbocycles. The molecule has 0 atom stereocenters. The summed E-state index contributed by atoms with van der Waals surface area (Å²) in [5.74, 6) is 0. The molecule has 0 radical (unpaired) electrons. The van der Waals surface area contributed by atoms with Crippen LogP contribution < -0.4 is 5.32 Å². The summed E-state index contributed by atoms with van der Waals surface area (Å²) in [5.41, 5.74) is 0. The van der Waals surface area contributed by atoms with Gasteiger partial charge in [-0.25, -0.2) is 0 Å². The Morgan fingerprint density at radius 1 is 1.39 bits per heavy atom. The molecular formula is C11H16BrF3N2S. The molecule has 0 fully saturated rings. The highest BCUT2D eigenvalue weighted by atomic mass is 79.9. The second-order valence-corrected chi connectivity index (χ2v) is 5.99. The van der Waals surface area contributed by atoms with Crippen LogP contribution in [0.25, 0.3) is 0 Å². The van der Waals surface area contributed by atoms with Crippen LogP contribution in [0.15, 0.2) is 15.9 Å². The SMILES string of the molecule is CN(CCNCc1cc(Br)cs1)CCC(F)(F)F. The van der Waals surface area contributed by atoms with Crippen LogP contribution in [-0.4, -0.2) is 37.8 Å². The molecule has 2 nitrogen and oxygen atoms in total. The van der Waals surface area contributed by atoms with E-state index in [4.69, 9.17) is 0 Å². The van der Waals surface area contributed by atoms with Crippen molar-refractivity contribution in [3.8, 4) is 0 Å². The second kappa shape index (κ2) is 7.47. The fourth-order valence-electron chi connectivity index (χ4n) is 1.36. The van der Waals surface area contributed by atoms with Crippen LogP contribution in [0.3, 0.4) is 0 Å². The first kappa shape index (κ1) is 15.9. The van der Waals surface area contributed by atoms with Crippen molar-refractivity contribution in [2.45, 2.75) is 19.1 Å². The van der Waals surface area contributed by atoms with Gasteiger partial charge < -0.3 is 10.2 Å². The molecule has 18 heavy (non-hydrogen) atoms. The summed E-state index contributed by atoms with van der Waals surface area (Å²) >= 11 is 5.02. The van der Waals surface area contributed by atoms with Crippen molar-refractivity contribution < 1.29 is 13.2 Å². The zero-order valence-corrected chi connectivity index (χ0v) is 12.5. The highest BCUT2D eigenvalue weighted by Gasteiger charge is 2.26. The molecule has 104 valence electrons. The lowest BCUT2D eigenvalue weighted by Crippen LogP contribution is -2.31. The molecule has 0 saturated heterocycles. The third-order valence-corrected chi connectivity index (χ3v) is 4.07. The molecule has 0 aliphatic carbocycles. The minimum Gasteiger partial charge on any atom is -0.311 e. The average Bonchev–Trinajstić information content (AvgIpc) is 2.67. The first-order valence-corrected chi connectivity index (χ1v) is 7.23. The Hall–Kier alpha value is -0.110. The summed E-state index contributed by atoms with van der Waals surface area (Å²) in [4.78, 5) is 2.89.